The van der Waals surface area contributed by atoms with E-state index in [1.54, 1.807) is 7.11 Å². The Morgan fingerprint density at radius 3 is 2.50 bits per heavy atom. The molecule has 1 rings (SSSR count). The molecule has 6 atom stereocenters. The van der Waals surface area contributed by atoms with Crippen molar-refractivity contribution in [1.82, 2.24) is 0 Å². The van der Waals surface area contributed by atoms with Gasteiger partial charge in [-0.25, -0.2) is 0 Å². The Hall–Kier alpha value is -0.560. The van der Waals surface area contributed by atoms with Crippen molar-refractivity contribution in [2.24, 2.45) is 11.8 Å². The van der Waals surface area contributed by atoms with Gasteiger partial charge in [0.15, 0.2) is 0 Å². The van der Waals surface area contributed by atoms with Gasteiger partial charge in [0.2, 0.25) is 0 Å². The molecule has 16 heavy (non-hydrogen) atoms. The molecule has 0 spiro atoms. The fraction of sp³-hybridized carbons (Fsp3) is 0.846. The highest BCUT2D eigenvalue weighted by molar-refractivity contribution is 5.04. The van der Waals surface area contributed by atoms with Crippen LogP contribution in [-0.2, 0) is 9.47 Å². The van der Waals surface area contributed by atoms with Gasteiger partial charge in [0.05, 0.1) is 18.3 Å². The maximum absolute atomic E-state index is 9.90. The monoisotopic (exact) mass is 226 g/mol. The molecular weight excluding hydrogens is 204 g/mol. The van der Waals surface area contributed by atoms with E-state index in [4.69, 9.17) is 15.9 Å². The third-order valence-electron chi connectivity index (χ3n) is 3.48. The Kier molecular flexibility index (Phi) is 4.79. The highest BCUT2D eigenvalue weighted by Gasteiger charge is 2.50. The van der Waals surface area contributed by atoms with Crippen LogP contribution < -0.4 is 0 Å². The Morgan fingerprint density at radius 1 is 1.44 bits per heavy atom. The summed E-state index contributed by atoms with van der Waals surface area (Å²) in [5, 5.41) is 9.90. The van der Waals surface area contributed by atoms with Crippen LogP contribution in [0.15, 0.2) is 0 Å². The number of aliphatic hydroxyl groups excluding tert-OH is 1. The molecule has 0 aromatic rings. The Labute approximate surface area is 98.1 Å². The summed E-state index contributed by atoms with van der Waals surface area (Å²) in [6.07, 6.45) is 5.81. The molecule has 1 heterocycles. The van der Waals surface area contributed by atoms with Crippen LogP contribution in [0.3, 0.4) is 0 Å². The van der Waals surface area contributed by atoms with E-state index in [1.165, 1.54) is 0 Å². The second kappa shape index (κ2) is 5.67. The fourth-order valence-electron chi connectivity index (χ4n) is 2.18. The highest BCUT2D eigenvalue weighted by Crippen LogP contribution is 2.37. The molecule has 0 radical (unpaired) electrons. The predicted molar refractivity (Wildman–Crippen MR) is 62.9 cm³/mol. The van der Waals surface area contributed by atoms with Crippen LogP contribution in [0.5, 0.6) is 0 Å². The van der Waals surface area contributed by atoms with Crippen LogP contribution in [0, 0.1) is 24.2 Å². The Balaban J connectivity index is 2.47. The molecule has 1 N–H and O–H groups in total. The lowest BCUT2D eigenvalue weighted by Crippen LogP contribution is -2.30. The molecule has 92 valence electrons. The molecule has 0 aliphatic carbocycles. The zero-order chi connectivity index (χ0) is 12.3. The van der Waals surface area contributed by atoms with Crippen molar-refractivity contribution < 1.29 is 14.6 Å². The third kappa shape index (κ3) is 2.76. The molecule has 0 aromatic carbocycles. The van der Waals surface area contributed by atoms with Crippen LogP contribution in [-0.4, -0.2) is 36.6 Å². The molecule has 0 unspecified atom stereocenters. The minimum atomic E-state index is -0.563. The van der Waals surface area contributed by atoms with Crippen LogP contribution in [0.1, 0.15) is 27.2 Å². The van der Waals surface area contributed by atoms with Crippen LogP contribution in [0.25, 0.3) is 0 Å². The average Bonchev–Trinajstić information content (AvgIpc) is 3.08. The summed E-state index contributed by atoms with van der Waals surface area (Å²) in [7, 11) is 1.71. The summed E-state index contributed by atoms with van der Waals surface area (Å²) < 4.78 is 10.9. The minimum absolute atomic E-state index is 0.0794. The van der Waals surface area contributed by atoms with Gasteiger partial charge in [0.1, 0.15) is 6.10 Å². The van der Waals surface area contributed by atoms with Gasteiger partial charge in [-0.15, -0.1) is 12.3 Å². The first-order valence-electron chi connectivity index (χ1n) is 5.89. The molecule has 1 aliphatic heterocycles. The molecule has 0 saturated carbocycles. The van der Waals surface area contributed by atoms with E-state index in [9.17, 15) is 5.11 Å². The lowest BCUT2D eigenvalue weighted by molar-refractivity contribution is 0.0445. The molecule has 0 amide bonds. The summed E-state index contributed by atoms with van der Waals surface area (Å²) in [6, 6.07) is 0. The first-order valence-corrected chi connectivity index (χ1v) is 5.89. The van der Waals surface area contributed by atoms with Crippen molar-refractivity contribution in [3.63, 3.8) is 0 Å². The van der Waals surface area contributed by atoms with Gasteiger partial charge in [0, 0.05) is 18.9 Å². The van der Waals surface area contributed by atoms with Crippen molar-refractivity contribution >= 4 is 0 Å². The lowest BCUT2D eigenvalue weighted by atomic mass is 9.92. The number of terminal acetylenes is 1. The molecule has 1 saturated heterocycles. The molecule has 3 nitrogen and oxygen atoms in total. The van der Waals surface area contributed by atoms with E-state index in [0.29, 0.717) is 5.92 Å². The quantitative estimate of drug-likeness (QED) is 0.550. The van der Waals surface area contributed by atoms with Gasteiger partial charge < -0.3 is 14.6 Å². The maximum atomic E-state index is 9.90. The number of epoxide rings is 1. The number of hydrogen-bond acceptors (Lipinski definition) is 3. The van der Waals surface area contributed by atoms with Gasteiger partial charge in [-0.05, 0) is 13.3 Å². The summed E-state index contributed by atoms with van der Waals surface area (Å²) in [6.45, 7) is 6.01. The van der Waals surface area contributed by atoms with Crippen molar-refractivity contribution in [3.8, 4) is 12.3 Å². The van der Waals surface area contributed by atoms with Gasteiger partial charge in [0.25, 0.3) is 0 Å². The average molecular weight is 226 g/mol. The van der Waals surface area contributed by atoms with E-state index in [2.05, 4.69) is 19.8 Å². The minimum Gasteiger partial charge on any atom is -0.389 e. The first kappa shape index (κ1) is 13.5. The summed E-state index contributed by atoms with van der Waals surface area (Å²) in [5.41, 5.74) is 0. The summed E-state index contributed by atoms with van der Waals surface area (Å²) >= 11 is 0. The third-order valence-corrected chi connectivity index (χ3v) is 3.48. The number of methoxy groups -OCH3 is 1. The fourth-order valence-corrected chi connectivity index (χ4v) is 2.18. The number of hydrogen-bond donors (Lipinski definition) is 1. The number of rotatable bonds is 6. The van der Waals surface area contributed by atoms with Gasteiger partial charge in [-0.2, -0.15) is 0 Å². The van der Waals surface area contributed by atoms with Crippen molar-refractivity contribution in [1.29, 1.82) is 0 Å². The van der Waals surface area contributed by atoms with Crippen molar-refractivity contribution in [3.05, 3.63) is 0 Å². The lowest BCUT2D eigenvalue weighted by Gasteiger charge is -2.20. The Bertz CT molecular complexity index is 254. The number of ether oxygens (including phenoxy) is 2. The smallest absolute Gasteiger partial charge is 0.112 e. The van der Waals surface area contributed by atoms with E-state index in [1.807, 2.05) is 6.92 Å². The molecule has 3 heteroatoms. The van der Waals surface area contributed by atoms with E-state index >= 15 is 0 Å². The van der Waals surface area contributed by atoms with Crippen LogP contribution in [0.4, 0.5) is 0 Å². The zero-order valence-corrected chi connectivity index (χ0v) is 10.5. The normalized spacial score (nSPS) is 31.2. The summed E-state index contributed by atoms with van der Waals surface area (Å²) in [5.74, 6) is 2.67. The molecular formula is C13H22O3. The molecule has 1 fully saturated rings. The first-order chi connectivity index (χ1) is 7.56. The molecule has 1 aliphatic rings. The second-order valence-electron chi connectivity index (χ2n) is 4.55. The van der Waals surface area contributed by atoms with Crippen molar-refractivity contribution in [2.45, 2.75) is 51.6 Å². The van der Waals surface area contributed by atoms with Gasteiger partial charge in [-0.3, -0.25) is 0 Å². The standard InChI is InChI=1S/C13H22O3/c1-6-8(3)11(14)13-12(16-13)9(4)10(7-2)15-5/h1,8-14H,7H2,2-5H3/t8-,9-,10+,11+,12-,13-/m1/s1. The van der Waals surface area contributed by atoms with E-state index in [0.717, 1.165) is 6.42 Å². The topological polar surface area (TPSA) is 42.0 Å². The van der Waals surface area contributed by atoms with E-state index < -0.39 is 6.10 Å². The SMILES string of the molecule is C#C[C@@H](C)[C@H](O)[C@H]1O[C@@H]1[C@H](C)[C@H](CC)OC. The van der Waals surface area contributed by atoms with E-state index in [-0.39, 0.29) is 24.2 Å². The van der Waals surface area contributed by atoms with Crippen LogP contribution in [0.2, 0.25) is 0 Å². The van der Waals surface area contributed by atoms with Gasteiger partial charge >= 0.3 is 0 Å². The molecule has 0 aromatic heterocycles. The largest absolute Gasteiger partial charge is 0.389 e. The van der Waals surface area contributed by atoms with Crippen LogP contribution >= 0.6 is 0 Å². The van der Waals surface area contributed by atoms with Crippen molar-refractivity contribution in [2.75, 3.05) is 7.11 Å². The predicted octanol–water partition coefficient (Wildman–Crippen LogP) is 1.45. The second-order valence-corrected chi connectivity index (χ2v) is 4.55. The molecule has 0 bridgehead atoms. The highest BCUT2D eigenvalue weighted by atomic mass is 16.6. The van der Waals surface area contributed by atoms with Gasteiger partial charge in [-0.1, -0.05) is 13.8 Å². The number of aliphatic hydroxyl groups is 1. The zero-order valence-electron chi connectivity index (χ0n) is 10.5. The maximum Gasteiger partial charge on any atom is 0.112 e. The Morgan fingerprint density at radius 2 is 2.06 bits per heavy atom. The summed E-state index contributed by atoms with van der Waals surface area (Å²) in [4.78, 5) is 0.